The Balaban J connectivity index is 1.65. The highest BCUT2D eigenvalue weighted by Gasteiger charge is 2.23. The third kappa shape index (κ3) is 3.52. The first-order chi connectivity index (χ1) is 11.1. The van der Waals surface area contributed by atoms with Gasteiger partial charge < -0.3 is 10.1 Å². The highest BCUT2D eigenvalue weighted by Crippen LogP contribution is 2.38. The van der Waals surface area contributed by atoms with Crippen LogP contribution in [0.15, 0.2) is 22.7 Å². The fourth-order valence-electron chi connectivity index (χ4n) is 2.51. The quantitative estimate of drug-likeness (QED) is 0.803. The molecular weight excluding hydrogens is 400 g/mol. The molecule has 0 unspecified atom stereocenters. The van der Waals surface area contributed by atoms with Crippen molar-refractivity contribution < 1.29 is 9.53 Å². The van der Waals surface area contributed by atoms with E-state index < -0.39 is 0 Å². The van der Waals surface area contributed by atoms with Gasteiger partial charge >= 0.3 is 0 Å². The summed E-state index contributed by atoms with van der Waals surface area (Å²) in [5, 5.41) is 13.3. The molecule has 7 heteroatoms. The minimum atomic E-state index is -0.289. The summed E-state index contributed by atoms with van der Waals surface area (Å²) in [4.78, 5) is 13.3. The number of hydrogen-bond acceptors (Lipinski definition) is 4. The van der Waals surface area contributed by atoms with E-state index in [1.807, 2.05) is 0 Å². The van der Waals surface area contributed by atoms with Gasteiger partial charge in [-0.05, 0) is 59.0 Å². The number of nitrogens with zero attached hydrogens (tertiary/aromatic N) is 1. The Morgan fingerprint density at radius 3 is 3.04 bits per heavy atom. The molecule has 0 atom stereocenters. The number of hydrogen-bond donors (Lipinski definition) is 1. The maximum Gasteiger partial charge on any atom is 0.262 e. The first-order valence-electron chi connectivity index (χ1n) is 7.01. The number of benzene rings is 1. The molecule has 1 aromatic heterocycles. The zero-order valence-electron chi connectivity index (χ0n) is 12.0. The summed E-state index contributed by atoms with van der Waals surface area (Å²) in [5.41, 5.74) is 1.69. The third-order valence-electron chi connectivity index (χ3n) is 3.54. The Hall–Kier alpha value is -1.55. The van der Waals surface area contributed by atoms with Crippen molar-refractivity contribution in [1.82, 2.24) is 0 Å². The Morgan fingerprint density at radius 2 is 2.30 bits per heavy atom. The number of carbonyl (C=O) groups is 1. The first-order valence-corrected chi connectivity index (χ1v) is 8.99. The zero-order chi connectivity index (χ0) is 16.4. The van der Waals surface area contributed by atoms with Gasteiger partial charge in [0.05, 0.1) is 10.0 Å². The molecule has 0 fully saturated rings. The molecule has 2 aromatic rings. The fourth-order valence-corrected chi connectivity index (χ4v) is 4.56. The lowest BCUT2D eigenvalue weighted by Gasteiger charge is -2.08. The van der Waals surface area contributed by atoms with Crippen LogP contribution in [0.4, 0.5) is 5.00 Å². The number of nitrogens with one attached hydrogen (secondary N) is 1. The van der Waals surface area contributed by atoms with Crippen molar-refractivity contribution in [3.05, 3.63) is 43.7 Å². The molecule has 0 saturated carbocycles. The molecule has 3 rings (SSSR count). The van der Waals surface area contributed by atoms with E-state index in [0.29, 0.717) is 25.8 Å². The molecule has 1 aliphatic carbocycles. The van der Waals surface area contributed by atoms with Crippen LogP contribution in [0.5, 0.6) is 5.75 Å². The van der Waals surface area contributed by atoms with Crippen molar-refractivity contribution in [2.75, 3.05) is 11.9 Å². The van der Waals surface area contributed by atoms with Gasteiger partial charge in [0.1, 0.15) is 16.8 Å². The molecular formula is C16H12BrClN2O2S. The van der Waals surface area contributed by atoms with Gasteiger partial charge in [0.25, 0.3) is 5.91 Å². The van der Waals surface area contributed by atoms with Crippen molar-refractivity contribution in [1.29, 1.82) is 5.26 Å². The number of ether oxygens (including phenoxy) is 1. The summed E-state index contributed by atoms with van der Waals surface area (Å²) in [6.45, 7) is -0.131. The average Bonchev–Trinajstić information content (AvgIpc) is 3.06. The van der Waals surface area contributed by atoms with Crippen LogP contribution in [-0.2, 0) is 17.6 Å². The monoisotopic (exact) mass is 410 g/mol. The van der Waals surface area contributed by atoms with E-state index in [2.05, 4.69) is 27.3 Å². The van der Waals surface area contributed by atoms with Gasteiger partial charge in [0.15, 0.2) is 6.61 Å². The highest BCUT2D eigenvalue weighted by atomic mass is 79.9. The van der Waals surface area contributed by atoms with Crippen molar-refractivity contribution >= 4 is 49.8 Å². The molecule has 4 nitrogen and oxygen atoms in total. The van der Waals surface area contributed by atoms with Crippen molar-refractivity contribution in [2.24, 2.45) is 0 Å². The number of nitriles is 1. The minimum Gasteiger partial charge on any atom is -0.483 e. The van der Waals surface area contributed by atoms with E-state index in [-0.39, 0.29) is 12.5 Å². The van der Waals surface area contributed by atoms with E-state index in [9.17, 15) is 10.1 Å². The summed E-state index contributed by atoms with van der Waals surface area (Å²) in [7, 11) is 0. The van der Waals surface area contributed by atoms with Crippen molar-refractivity contribution in [3.63, 3.8) is 0 Å². The predicted octanol–water partition coefficient (Wildman–Crippen LogP) is 4.54. The Bertz CT molecular complexity index is 813. The second-order valence-electron chi connectivity index (χ2n) is 5.08. The van der Waals surface area contributed by atoms with Gasteiger partial charge in [-0.25, -0.2) is 0 Å². The highest BCUT2D eigenvalue weighted by molar-refractivity contribution is 9.10. The predicted molar refractivity (Wildman–Crippen MR) is 94.3 cm³/mol. The third-order valence-corrected chi connectivity index (χ3v) is 5.60. The van der Waals surface area contributed by atoms with E-state index in [1.165, 1.54) is 16.2 Å². The topological polar surface area (TPSA) is 62.1 Å². The lowest BCUT2D eigenvalue weighted by molar-refractivity contribution is -0.118. The molecule has 1 heterocycles. The zero-order valence-corrected chi connectivity index (χ0v) is 15.1. The molecule has 1 aromatic carbocycles. The van der Waals surface area contributed by atoms with Gasteiger partial charge in [0.2, 0.25) is 0 Å². The summed E-state index contributed by atoms with van der Waals surface area (Å²) >= 11 is 10.7. The molecule has 1 aliphatic rings. The van der Waals surface area contributed by atoms with Crippen molar-refractivity contribution in [3.8, 4) is 11.8 Å². The Kier molecular flexibility index (Phi) is 4.90. The van der Waals surface area contributed by atoms with E-state index in [4.69, 9.17) is 16.3 Å². The van der Waals surface area contributed by atoms with Crippen LogP contribution in [0.1, 0.15) is 22.4 Å². The number of rotatable bonds is 4. The van der Waals surface area contributed by atoms with Crippen LogP contribution < -0.4 is 10.1 Å². The molecule has 1 amide bonds. The van der Waals surface area contributed by atoms with E-state index in [0.717, 1.165) is 24.8 Å². The maximum atomic E-state index is 12.1. The molecule has 1 N–H and O–H groups in total. The first kappa shape index (κ1) is 16.3. The number of fused-ring (bicyclic) bond motifs is 1. The summed E-state index contributed by atoms with van der Waals surface area (Å²) < 4.78 is 6.17. The smallest absolute Gasteiger partial charge is 0.262 e. The van der Waals surface area contributed by atoms with Crippen LogP contribution >= 0.6 is 38.9 Å². The Morgan fingerprint density at radius 1 is 1.48 bits per heavy atom. The molecule has 0 saturated heterocycles. The number of amides is 1. The molecule has 118 valence electrons. The number of carbonyl (C=O) groups excluding carboxylic acids is 1. The number of aryl methyl sites for hydroxylation is 1. The standard InChI is InChI=1S/C16H12BrClN2O2S/c17-12-6-9(18)4-5-13(12)22-8-15(21)20-16-11(7-19)10-2-1-3-14(10)23-16/h4-6H,1-3,8H2,(H,20,21). The summed E-state index contributed by atoms with van der Waals surface area (Å²) in [5.74, 6) is 0.252. The van der Waals surface area contributed by atoms with Crippen LogP contribution in [0.2, 0.25) is 5.02 Å². The number of anilines is 1. The average molecular weight is 412 g/mol. The normalized spacial score (nSPS) is 12.6. The second-order valence-corrected chi connectivity index (χ2v) is 7.48. The largest absolute Gasteiger partial charge is 0.483 e. The molecule has 0 radical (unpaired) electrons. The number of halogens is 2. The lowest BCUT2D eigenvalue weighted by atomic mass is 10.1. The van der Waals surface area contributed by atoms with E-state index in [1.54, 1.807) is 18.2 Å². The minimum absolute atomic E-state index is 0.131. The maximum absolute atomic E-state index is 12.1. The molecule has 0 aliphatic heterocycles. The molecule has 23 heavy (non-hydrogen) atoms. The van der Waals surface area contributed by atoms with Gasteiger partial charge in [-0.1, -0.05) is 11.6 Å². The van der Waals surface area contributed by atoms with Crippen LogP contribution in [-0.4, -0.2) is 12.5 Å². The second kappa shape index (κ2) is 6.91. The van der Waals surface area contributed by atoms with Gasteiger partial charge in [0, 0.05) is 9.90 Å². The molecule has 0 bridgehead atoms. The van der Waals surface area contributed by atoms with Gasteiger partial charge in [-0.15, -0.1) is 11.3 Å². The fraction of sp³-hybridized carbons (Fsp3) is 0.250. The summed E-state index contributed by atoms with van der Waals surface area (Å²) in [6, 6.07) is 7.29. The Labute approximate surface area is 151 Å². The van der Waals surface area contributed by atoms with Gasteiger partial charge in [-0.3, -0.25) is 4.79 Å². The van der Waals surface area contributed by atoms with Crippen molar-refractivity contribution in [2.45, 2.75) is 19.3 Å². The van der Waals surface area contributed by atoms with Crippen LogP contribution in [0, 0.1) is 11.3 Å². The summed E-state index contributed by atoms with van der Waals surface area (Å²) in [6.07, 6.45) is 2.98. The van der Waals surface area contributed by atoms with Crippen LogP contribution in [0.25, 0.3) is 0 Å². The lowest BCUT2D eigenvalue weighted by Crippen LogP contribution is -2.20. The molecule has 0 spiro atoms. The van der Waals surface area contributed by atoms with Crippen LogP contribution in [0.3, 0.4) is 0 Å². The van der Waals surface area contributed by atoms with E-state index >= 15 is 0 Å². The number of thiophene rings is 1. The SMILES string of the molecule is N#Cc1c(NC(=O)COc2ccc(Cl)cc2Br)sc2c1CCC2. The van der Waals surface area contributed by atoms with Gasteiger partial charge in [-0.2, -0.15) is 5.26 Å².